The first-order chi connectivity index (χ1) is 7.13. The smallest absolute Gasteiger partial charge is 0.175 e. The minimum atomic E-state index is -0.807. The molecule has 0 spiro atoms. The van der Waals surface area contributed by atoms with Crippen LogP contribution in [0.4, 0.5) is 14.5 Å². The average molecular weight is 276 g/mol. The van der Waals surface area contributed by atoms with Gasteiger partial charge in [-0.25, -0.2) is 8.78 Å². The summed E-state index contributed by atoms with van der Waals surface area (Å²) in [6.07, 6.45) is 2.77. The van der Waals surface area contributed by atoms with Gasteiger partial charge < -0.3 is 5.32 Å². The maximum absolute atomic E-state index is 13.3. The third kappa shape index (κ3) is 1.87. The van der Waals surface area contributed by atoms with Crippen molar-refractivity contribution in [2.45, 2.75) is 32.2 Å². The fourth-order valence-corrected chi connectivity index (χ4v) is 2.47. The lowest BCUT2D eigenvalue weighted by Gasteiger charge is -2.27. The monoisotopic (exact) mass is 275 g/mol. The molecule has 1 heterocycles. The summed E-state index contributed by atoms with van der Waals surface area (Å²) >= 11 is 3.10. The highest BCUT2D eigenvalue weighted by molar-refractivity contribution is 9.10. The van der Waals surface area contributed by atoms with E-state index in [4.69, 9.17) is 0 Å². The molecule has 0 amide bonds. The van der Waals surface area contributed by atoms with Gasteiger partial charge in [-0.3, -0.25) is 0 Å². The molecule has 0 radical (unpaired) electrons. The predicted molar refractivity (Wildman–Crippen MR) is 60.1 cm³/mol. The number of aryl methyl sites for hydroxylation is 1. The number of hydrogen-bond donors (Lipinski definition) is 1. The Bertz CT molecular complexity index is 393. The van der Waals surface area contributed by atoms with Crippen LogP contribution in [-0.4, -0.2) is 6.04 Å². The first-order valence-corrected chi connectivity index (χ1v) is 5.85. The molecule has 0 aromatic heterocycles. The van der Waals surface area contributed by atoms with E-state index in [0.717, 1.165) is 24.8 Å². The third-order valence-corrected chi connectivity index (χ3v) is 3.59. The van der Waals surface area contributed by atoms with Crippen LogP contribution in [0.5, 0.6) is 0 Å². The largest absolute Gasteiger partial charge is 0.381 e. The second-order valence-electron chi connectivity index (χ2n) is 3.81. The zero-order valence-corrected chi connectivity index (χ0v) is 10.00. The molecule has 0 fully saturated rings. The first-order valence-electron chi connectivity index (χ1n) is 5.06. The van der Waals surface area contributed by atoms with Crippen LogP contribution in [0.2, 0.25) is 0 Å². The van der Waals surface area contributed by atoms with Crippen LogP contribution in [-0.2, 0) is 6.42 Å². The number of benzene rings is 1. The highest BCUT2D eigenvalue weighted by Crippen LogP contribution is 2.36. The first kappa shape index (κ1) is 10.9. The molecule has 0 aliphatic carbocycles. The van der Waals surface area contributed by atoms with E-state index in [2.05, 4.69) is 28.2 Å². The van der Waals surface area contributed by atoms with Crippen molar-refractivity contribution in [3.8, 4) is 0 Å². The molecule has 1 aliphatic rings. The highest BCUT2D eigenvalue weighted by Gasteiger charge is 2.22. The molecule has 1 aliphatic heterocycles. The lowest BCUT2D eigenvalue weighted by atomic mass is 9.96. The Morgan fingerprint density at radius 2 is 2.27 bits per heavy atom. The van der Waals surface area contributed by atoms with Crippen molar-refractivity contribution in [1.82, 2.24) is 0 Å². The lowest BCUT2D eigenvalue weighted by molar-refractivity contribution is 0.499. The number of anilines is 1. The quantitative estimate of drug-likeness (QED) is 0.768. The standard InChI is InChI=1S/C11H12BrF2N/c1-2-7-4-3-6-5-8(13)10(14)9(12)11(6)15-7/h5,7,15H,2-4H2,1H3. The Labute approximate surface area is 96.0 Å². The van der Waals surface area contributed by atoms with Gasteiger partial charge >= 0.3 is 0 Å². The number of nitrogens with one attached hydrogen (secondary N) is 1. The van der Waals surface area contributed by atoms with Gasteiger partial charge in [0.15, 0.2) is 11.6 Å². The summed E-state index contributed by atoms with van der Waals surface area (Å²) in [6.45, 7) is 2.08. The third-order valence-electron chi connectivity index (χ3n) is 2.85. The van der Waals surface area contributed by atoms with Crippen molar-refractivity contribution in [3.05, 3.63) is 27.7 Å². The Hall–Kier alpha value is -0.640. The maximum atomic E-state index is 13.3. The predicted octanol–water partition coefficient (Wildman–Crippen LogP) is 3.86. The fourth-order valence-electron chi connectivity index (χ4n) is 1.91. The molecular weight excluding hydrogens is 264 g/mol. The zero-order valence-electron chi connectivity index (χ0n) is 8.41. The van der Waals surface area contributed by atoms with Crippen LogP contribution in [0.1, 0.15) is 25.3 Å². The molecule has 2 rings (SSSR count). The van der Waals surface area contributed by atoms with Gasteiger partial charge in [0.2, 0.25) is 0 Å². The summed E-state index contributed by atoms with van der Waals surface area (Å²) in [7, 11) is 0. The van der Waals surface area contributed by atoms with Crippen LogP contribution in [0.25, 0.3) is 0 Å². The van der Waals surface area contributed by atoms with Crippen LogP contribution >= 0.6 is 15.9 Å². The van der Waals surface area contributed by atoms with Crippen LogP contribution in [0.3, 0.4) is 0 Å². The summed E-state index contributed by atoms with van der Waals surface area (Å²) in [5.41, 5.74) is 1.57. The molecule has 1 atom stereocenters. The minimum absolute atomic E-state index is 0.218. The number of halogens is 3. The van der Waals surface area contributed by atoms with Crippen molar-refractivity contribution in [3.63, 3.8) is 0 Å². The van der Waals surface area contributed by atoms with E-state index in [1.807, 2.05) is 0 Å². The van der Waals surface area contributed by atoms with Crippen LogP contribution in [0.15, 0.2) is 10.5 Å². The van der Waals surface area contributed by atoms with Gasteiger partial charge in [-0.2, -0.15) is 0 Å². The van der Waals surface area contributed by atoms with E-state index < -0.39 is 11.6 Å². The van der Waals surface area contributed by atoms with Crippen LogP contribution < -0.4 is 5.32 Å². The van der Waals surface area contributed by atoms with Gasteiger partial charge in [0, 0.05) is 6.04 Å². The molecule has 0 saturated carbocycles. The van der Waals surface area contributed by atoms with Crippen molar-refractivity contribution in [2.75, 3.05) is 5.32 Å². The average Bonchev–Trinajstić information content (AvgIpc) is 2.26. The van der Waals surface area contributed by atoms with E-state index in [1.165, 1.54) is 6.07 Å². The molecule has 1 aromatic carbocycles. The van der Waals surface area contributed by atoms with Gasteiger partial charge in [0.05, 0.1) is 10.2 Å². The molecule has 0 bridgehead atoms. The summed E-state index contributed by atoms with van der Waals surface area (Å²) in [5, 5.41) is 3.23. The van der Waals surface area contributed by atoms with Gasteiger partial charge in [0.25, 0.3) is 0 Å². The number of hydrogen-bond acceptors (Lipinski definition) is 1. The van der Waals surface area contributed by atoms with E-state index in [1.54, 1.807) is 0 Å². The molecule has 1 unspecified atom stereocenters. The minimum Gasteiger partial charge on any atom is -0.381 e. The van der Waals surface area contributed by atoms with E-state index >= 15 is 0 Å². The highest BCUT2D eigenvalue weighted by atomic mass is 79.9. The SMILES string of the molecule is CCC1CCc2cc(F)c(F)c(Br)c2N1. The Balaban J connectivity index is 2.45. The Morgan fingerprint density at radius 3 is 2.93 bits per heavy atom. The van der Waals surface area contributed by atoms with Crippen molar-refractivity contribution < 1.29 is 8.78 Å². The van der Waals surface area contributed by atoms with Gasteiger partial charge in [-0.15, -0.1) is 0 Å². The van der Waals surface area contributed by atoms with Gasteiger partial charge in [-0.1, -0.05) is 6.92 Å². The van der Waals surface area contributed by atoms with Crippen LogP contribution in [0, 0.1) is 11.6 Å². The van der Waals surface area contributed by atoms with E-state index in [9.17, 15) is 8.78 Å². The number of fused-ring (bicyclic) bond motifs is 1. The van der Waals surface area contributed by atoms with E-state index in [-0.39, 0.29) is 4.47 Å². The topological polar surface area (TPSA) is 12.0 Å². The Morgan fingerprint density at radius 1 is 1.53 bits per heavy atom. The van der Waals surface area contributed by atoms with Crippen molar-refractivity contribution >= 4 is 21.6 Å². The summed E-state index contributed by atoms with van der Waals surface area (Å²) in [6, 6.07) is 1.65. The lowest BCUT2D eigenvalue weighted by Crippen LogP contribution is -2.25. The van der Waals surface area contributed by atoms with Gasteiger partial charge in [-0.05, 0) is 46.8 Å². The normalized spacial score (nSPS) is 19.6. The van der Waals surface area contributed by atoms with Gasteiger partial charge in [0.1, 0.15) is 0 Å². The summed E-state index contributed by atoms with van der Waals surface area (Å²) < 4.78 is 26.6. The second-order valence-corrected chi connectivity index (χ2v) is 4.60. The fraction of sp³-hybridized carbons (Fsp3) is 0.455. The molecule has 1 N–H and O–H groups in total. The number of rotatable bonds is 1. The Kier molecular flexibility index (Phi) is 2.96. The zero-order chi connectivity index (χ0) is 11.0. The second kappa shape index (κ2) is 4.08. The van der Waals surface area contributed by atoms with Crippen molar-refractivity contribution in [1.29, 1.82) is 0 Å². The van der Waals surface area contributed by atoms with Crippen molar-refractivity contribution in [2.24, 2.45) is 0 Å². The maximum Gasteiger partial charge on any atom is 0.175 e. The molecule has 0 saturated heterocycles. The molecule has 1 aromatic rings. The molecule has 82 valence electrons. The molecule has 15 heavy (non-hydrogen) atoms. The molecule has 4 heteroatoms. The summed E-state index contributed by atoms with van der Waals surface area (Å²) in [5.74, 6) is -1.59. The molecule has 1 nitrogen and oxygen atoms in total. The molecular formula is C11H12BrF2N. The summed E-state index contributed by atoms with van der Waals surface area (Å²) in [4.78, 5) is 0. The van der Waals surface area contributed by atoms with E-state index in [0.29, 0.717) is 11.7 Å².